The van der Waals surface area contributed by atoms with E-state index in [1.165, 1.54) is 25.4 Å². The van der Waals surface area contributed by atoms with Crippen molar-refractivity contribution in [3.8, 4) is 0 Å². The lowest BCUT2D eigenvalue weighted by Crippen LogP contribution is -2.24. The van der Waals surface area contributed by atoms with E-state index in [2.05, 4.69) is 15.5 Å². The zero-order chi connectivity index (χ0) is 15.1. The third-order valence-electron chi connectivity index (χ3n) is 3.24. The molecular formula is C13H11N5O3. The summed E-state index contributed by atoms with van der Waals surface area (Å²) >= 11 is 0. The first-order chi connectivity index (χ1) is 9.99. The molecule has 1 aliphatic rings. The molecule has 0 saturated carbocycles. The summed E-state index contributed by atoms with van der Waals surface area (Å²) < 4.78 is 0. The minimum atomic E-state index is -0.477. The summed E-state index contributed by atoms with van der Waals surface area (Å²) in [6, 6.07) is 4.52. The molecule has 0 fully saturated rings. The highest BCUT2D eigenvalue weighted by atomic mass is 16.2. The molecule has 1 aromatic heterocycles. The summed E-state index contributed by atoms with van der Waals surface area (Å²) in [5, 5.41) is 8.74. The van der Waals surface area contributed by atoms with Crippen LogP contribution in [0, 0.1) is 0 Å². The van der Waals surface area contributed by atoms with E-state index in [4.69, 9.17) is 5.73 Å². The van der Waals surface area contributed by atoms with Crippen LogP contribution in [-0.4, -0.2) is 39.9 Å². The minimum Gasteiger partial charge on any atom is -0.396 e. The number of nitrogens with one attached hydrogen (secondary N) is 2. The average Bonchev–Trinajstić information content (AvgIpc) is 2.98. The summed E-state index contributed by atoms with van der Waals surface area (Å²) in [4.78, 5) is 36.7. The van der Waals surface area contributed by atoms with E-state index >= 15 is 0 Å². The van der Waals surface area contributed by atoms with Gasteiger partial charge in [-0.1, -0.05) is 0 Å². The maximum absolute atomic E-state index is 12.0. The molecule has 8 nitrogen and oxygen atoms in total. The van der Waals surface area contributed by atoms with Crippen LogP contribution >= 0.6 is 0 Å². The molecule has 1 aliphatic heterocycles. The number of H-pyrrole nitrogens is 1. The first kappa shape index (κ1) is 12.9. The van der Waals surface area contributed by atoms with Gasteiger partial charge in [0.2, 0.25) is 0 Å². The number of hydrogen-bond donors (Lipinski definition) is 3. The fraction of sp³-hybridized carbons (Fsp3) is 0.0769. The van der Waals surface area contributed by atoms with Gasteiger partial charge in [0.05, 0.1) is 23.0 Å². The van der Waals surface area contributed by atoms with Crippen molar-refractivity contribution >= 4 is 29.1 Å². The van der Waals surface area contributed by atoms with Crippen molar-refractivity contribution in [1.29, 1.82) is 0 Å². The second-order valence-corrected chi connectivity index (χ2v) is 4.58. The van der Waals surface area contributed by atoms with Gasteiger partial charge in [0, 0.05) is 12.7 Å². The Kier molecular flexibility index (Phi) is 2.72. The van der Waals surface area contributed by atoms with Crippen molar-refractivity contribution in [2.45, 2.75) is 0 Å². The topological polar surface area (TPSA) is 121 Å². The largest absolute Gasteiger partial charge is 0.396 e. The fourth-order valence-corrected chi connectivity index (χ4v) is 2.11. The van der Waals surface area contributed by atoms with Crippen LogP contribution in [-0.2, 0) is 0 Å². The molecule has 0 radical (unpaired) electrons. The molecule has 0 aliphatic carbocycles. The number of carbonyl (C=O) groups is 3. The first-order valence-electron chi connectivity index (χ1n) is 6.05. The maximum atomic E-state index is 12.0. The normalized spacial score (nSPS) is 13.5. The summed E-state index contributed by atoms with van der Waals surface area (Å²) in [5.41, 5.74) is 6.92. The Morgan fingerprint density at radius 3 is 2.67 bits per heavy atom. The summed E-state index contributed by atoms with van der Waals surface area (Å²) in [6.45, 7) is 0. The lowest BCUT2D eigenvalue weighted by molar-refractivity contribution is 0.0692. The Labute approximate surface area is 118 Å². The van der Waals surface area contributed by atoms with Gasteiger partial charge < -0.3 is 11.1 Å². The molecule has 1 aromatic carbocycles. The molecule has 0 spiro atoms. The lowest BCUT2D eigenvalue weighted by atomic mass is 10.1. The minimum absolute atomic E-state index is 0.134. The number of rotatable bonds is 2. The molecule has 2 heterocycles. The molecule has 106 valence electrons. The molecule has 0 unspecified atom stereocenters. The van der Waals surface area contributed by atoms with Crippen molar-refractivity contribution in [2.75, 3.05) is 18.1 Å². The van der Waals surface area contributed by atoms with Crippen LogP contribution in [0.15, 0.2) is 24.4 Å². The zero-order valence-electron chi connectivity index (χ0n) is 11.0. The Hall–Kier alpha value is -3.16. The summed E-state index contributed by atoms with van der Waals surface area (Å²) in [5.74, 6) is -1.23. The maximum Gasteiger partial charge on any atom is 0.275 e. The van der Waals surface area contributed by atoms with Gasteiger partial charge in [-0.3, -0.25) is 24.4 Å². The van der Waals surface area contributed by atoms with Crippen LogP contribution in [0.1, 0.15) is 31.2 Å². The van der Waals surface area contributed by atoms with Gasteiger partial charge in [-0.25, -0.2) is 0 Å². The number of aromatic nitrogens is 2. The van der Waals surface area contributed by atoms with E-state index in [0.717, 1.165) is 4.90 Å². The van der Waals surface area contributed by atoms with Gasteiger partial charge in [-0.05, 0) is 18.2 Å². The van der Waals surface area contributed by atoms with E-state index in [1.807, 2.05) is 0 Å². The quantitative estimate of drug-likeness (QED) is 0.692. The molecular weight excluding hydrogens is 274 g/mol. The number of benzene rings is 1. The molecule has 3 amide bonds. The summed E-state index contributed by atoms with van der Waals surface area (Å²) in [6.07, 6.45) is 1.33. The Morgan fingerprint density at radius 2 is 2.00 bits per heavy atom. The van der Waals surface area contributed by atoms with Crippen LogP contribution in [0.25, 0.3) is 0 Å². The van der Waals surface area contributed by atoms with Gasteiger partial charge in [-0.15, -0.1) is 0 Å². The zero-order valence-corrected chi connectivity index (χ0v) is 11.0. The monoisotopic (exact) mass is 285 g/mol. The number of hydrogen-bond acceptors (Lipinski definition) is 5. The molecule has 0 saturated heterocycles. The van der Waals surface area contributed by atoms with E-state index < -0.39 is 11.8 Å². The van der Waals surface area contributed by atoms with Gasteiger partial charge in [0.25, 0.3) is 17.7 Å². The number of fused-ring (bicyclic) bond motifs is 1. The highest BCUT2D eigenvalue weighted by Gasteiger charge is 2.32. The van der Waals surface area contributed by atoms with Gasteiger partial charge in [0.1, 0.15) is 5.69 Å². The van der Waals surface area contributed by atoms with Crippen molar-refractivity contribution in [3.63, 3.8) is 0 Å². The average molecular weight is 285 g/mol. The fourth-order valence-electron chi connectivity index (χ4n) is 2.11. The van der Waals surface area contributed by atoms with E-state index in [-0.39, 0.29) is 22.9 Å². The smallest absolute Gasteiger partial charge is 0.275 e. The molecule has 3 rings (SSSR count). The molecule has 4 N–H and O–H groups in total. The third-order valence-corrected chi connectivity index (χ3v) is 3.24. The van der Waals surface area contributed by atoms with Crippen LogP contribution < -0.4 is 11.1 Å². The van der Waals surface area contributed by atoms with Crippen LogP contribution in [0.2, 0.25) is 0 Å². The van der Waals surface area contributed by atoms with Gasteiger partial charge in [-0.2, -0.15) is 5.10 Å². The number of nitrogens with two attached hydrogens (primary N) is 1. The first-order valence-corrected chi connectivity index (χ1v) is 6.05. The van der Waals surface area contributed by atoms with Crippen molar-refractivity contribution in [3.05, 3.63) is 41.2 Å². The lowest BCUT2D eigenvalue weighted by Gasteiger charge is -2.05. The van der Waals surface area contributed by atoms with Crippen molar-refractivity contribution < 1.29 is 14.4 Å². The molecule has 2 aromatic rings. The number of carbonyl (C=O) groups excluding carboxylic acids is 3. The highest BCUT2D eigenvalue weighted by Crippen LogP contribution is 2.25. The number of aromatic amines is 1. The van der Waals surface area contributed by atoms with Gasteiger partial charge >= 0.3 is 0 Å². The number of anilines is 2. The Balaban J connectivity index is 1.89. The molecule has 0 atom stereocenters. The molecule has 21 heavy (non-hydrogen) atoms. The number of nitrogens with zero attached hydrogens (tertiary/aromatic N) is 2. The predicted octanol–water partition coefficient (Wildman–Crippen LogP) is 0.470. The molecule has 8 heteroatoms. The standard InChI is InChI=1S/C13H11N5O3/c1-18-12(20)7-3-2-6(4-8(7)13(18)21)16-11(19)10-9(14)5-15-17-10/h2-5H,14H2,1H3,(H,15,17)(H,16,19). The van der Waals surface area contributed by atoms with Crippen molar-refractivity contribution in [2.24, 2.45) is 0 Å². The summed E-state index contributed by atoms with van der Waals surface area (Å²) in [7, 11) is 1.41. The van der Waals surface area contributed by atoms with E-state index in [0.29, 0.717) is 11.3 Å². The second kappa shape index (κ2) is 4.44. The van der Waals surface area contributed by atoms with E-state index in [9.17, 15) is 14.4 Å². The SMILES string of the molecule is CN1C(=O)c2ccc(NC(=O)c3[nH]ncc3N)cc2C1=O. The van der Waals surface area contributed by atoms with Crippen LogP contribution in [0.4, 0.5) is 11.4 Å². The highest BCUT2D eigenvalue weighted by molar-refractivity contribution is 6.21. The number of amides is 3. The Morgan fingerprint density at radius 1 is 1.29 bits per heavy atom. The number of nitrogen functional groups attached to an aromatic ring is 1. The number of imide groups is 1. The van der Waals surface area contributed by atoms with Crippen LogP contribution in [0.5, 0.6) is 0 Å². The van der Waals surface area contributed by atoms with Crippen LogP contribution in [0.3, 0.4) is 0 Å². The van der Waals surface area contributed by atoms with E-state index in [1.54, 1.807) is 6.07 Å². The second-order valence-electron chi connectivity index (χ2n) is 4.58. The Bertz CT molecular complexity index is 780. The van der Waals surface area contributed by atoms with Crippen molar-refractivity contribution in [1.82, 2.24) is 15.1 Å². The predicted molar refractivity (Wildman–Crippen MR) is 73.8 cm³/mol. The third kappa shape index (κ3) is 1.93. The molecule has 0 bridgehead atoms. The van der Waals surface area contributed by atoms with Gasteiger partial charge in [0.15, 0.2) is 0 Å².